The van der Waals surface area contributed by atoms with E-state index in [2.05, 4.69) is 0 Å². The molecule has 1 aromatic carbocycles. The zero-order valence-corrected chi connectivity index (χ0v) is 8.75. The summed E-state index contributed by atoms with van der Waals surface area (Å²) in [5.41, 5.74) is 1.17. The molecule has 1 atom stereocenters. The molecule has 1 unspecified atom stereocenters. The van der Waals surface area contributed by atoms with E-state index in [0.29, 0.717) is 5.75 Å². The maximum atomic E-state index is 9.99. The van der Waals surface area contributed by atoms with E-state index in [9.17, 15) is 4.57 Å². The molecule has 0 aliphatic carbocycles. The Morgan fingerprint density at radius 1 is 1.36 bits per heavy atom. The molecule has 4 heteroatoms. The molecule has 0 radical (unpaired) electrons. The van der Waals surface area contributed by atoms with E-state index >= 15 is 0 Å². The molecule has 56 valence electrons. The van der Waals surface area contributed by atoms with Gasteiger partial charge in [0.1, 0.15) is 0 Å². The molecule has 0 spiro atoms. The molecule has 0 heterocycles. The van der Waals surface area contributed by atoms with Gasteiger partial charge in [-0.25, -0.2) is 0 Å². The van der Waals surface area contributed by atoms with Gasteiger partial charge >= 0.3 is 31.7 Å². The number of aryl methyl sites for hydroxylation is 1. The molecular weight excluding hydrogens is 171 g/mol. The second-order valence-corrected chi connectivity index (χ2v) is 2.37. The van der Waals surface area contributed by atoms with Gasteiger partial charge in [0.2, 0.25) is 0 Å². The molecular formula is C7H10MgO2P+. The molecule has 11 heavy (non-hydrogen) atoms. The Balaban J connectivity index is -0.000000333. The smallest absolute Gasteiger partial charge is 1.00 e. The van der Waals surface area contributed by atoms with E-state index in [4.69, 9.17) is 4.52 Å². The summed E-state index contributed by atoms with van der Waals surface area (Å²) in [7, 11) is -0.718. The van der Waals surface area contributed by atoms with Gasteiger partial charge in [-0.05, 0) is 23.6 Å². The summed E-state index contributed by atoms with van der Waals surface area (Å²) in [5, 5.41) is 0. The summed E-state index contributed by atoms with van der Waals surface area (Å²) >= 11 is 0. The van der Waals surface area contributed by atoms with Crippen molar-refractivity contribution >= 4 is 31.7 Å². The molecule has 1 rings (SSSR count). The van der Waals surface area contributed by atoms with Crippen molar-refractivity contribution in [2.24, 2.45) is 0 Å². The summed E-state index contributed by atoms with van der Waals surface area (Å²) in [4.78, 5) is 0. The minimum atomic E-state index is -0.718. The van der Waals surface area contributed by atoms with Gasteiger partial charge in [0, 0.05) is 0 Å². The largest absolute Gasteiger partial charge is 2.00 e. The van der Waals surface area contributed by atoms with Crippen LogP contribution in [0.4, 0.5) is 0 Å². The van der Waals surface area contributed by atoms with Crippen LogP contribution in [-0.4, -0.2) is 23.1 Å². The first-order chi connectivity index (χ1) is 4.83. The third kappa shape index (κ3) is 3.70. The molecule has 0 aliphatic rings. The second kappa shape index (κ2) is 5.53. The van der Waals surface area contributed by atoms with E-state index in [-0.39, 0.29) is 25.9 Å². The Morgan fingerprint density at radius 3 is 2.36 bits per heavy atom. The van der Waals surface area contributed by atoms with Crippen LogP contribution >= 0.6 is 8.69 Å². The maximum absolute atomic E-state index is 9.99. The maximum Gasteiger partial charge on any atom is 2.00 e. The van der Waals surface area contributed by atoms with Gasteiger partial charge in [0.25, 0.3) is 0 Å². The minimum absolute atomic E-state index is 0. The topological polar surface area (TPSA) is 26.3 Å². The molecule has 0 N–H and O–H groups in total. The monoisotopic (exact) mass is 181 g/mol. The van der Waals surface area contributed by atoms with Gasteiger partial charge in [0.05, 0.1) is 0 Å². The normalized spacial score (nSPS) is 8.82. The molecule has 0 saturated heterocycles. The van der Waals surface area contributed by atoms with Crippen LogP contribution in [-0.2, 0) is 4.57 Å². The van der Waals surface area contributed by atoms with Crippen molar-refractivity contribution in [2.75, 3.05) is 0 Å². The summed E-state index contributed by atoms with van der Waals surface area (Å²) in [6.07, 6.45) is 0. The third-order valence-electron chi connectivity index (χ3n) is 1.18. The van der Waals surface area contributed by atoms with Crippen molar-refractivity contribution < 1.29 is 11.9 Å². The second-order valence-electron chi connectivity index (χ2n) is 2.00. The molecule has 0 aromatic heterocycles. The summed E-state index contributed by atoms with van der Waals surface area (Å²) in [5.74, 6) is 0.652. The first-order valence-electron chi connectivity index (χ1n) is 2.93. The van der Waals surface area contributed by atoms with Crippen LogP contribution in [0.15, 0.2) is 24.3 Å². The zero-order valence-electron chi connectivity index (χ0n) is 8.33. The number of hydrogen-bond acceptors (Lipinski definition) is 2. The predicted octanol–water partition coefficient (Wildman–Crippen LogP) is 2.16. The van der Waals surface area contributed by atoms with Crippen LogP contribution in [0.25, 0.3) is 0 Å². The predicted molar refractivity (Wildman–Crippen MR) is 48.8 cm³/mol. The Hall–Kier alpha value is -0.114. The van der Waals surface area contributed by atoms with Crippen molar-refractivity contribution in [2.45, 2.75) is 6.92 Å². The molecule has 0 saturated carbocycles. The average molecular weight is 181 g/mol. The zero-order chi connectivity index (χ0) is 7.40. The summed E-state index contributed by atoms with van der Waals surface area (Å²) in [6, 6.07) is 7.41. The molecule has 2 nitrogen and oxygen atoms in total. The number of hydrogen-bond donors (Lipinski definition) is 0. The van der Waals surface area contributed by atoms with Gasteiger partial charge in [-0.1, -0.05) is 17.7 Å². The Morgan fingerprint density at radius 2 is 1.91 bits per heavy atom. The Kier molecular flexibility index (Phi) is 5.47. The van der Waals surface area contributed by atoms with Crippen molar-refractivity contribution in [3.05, 3.63) is 29.8 Å². The Bertz CT molecular complexity index is 230. The van der Waals surface area contributed by atoms with Gasteiger partial charge < -0.3 is 2.85 Å². The van der Waals surface area contributed by atoms with E-state index in [1.165, 1.54) is 5.56 Å². The number of rotatable bonds is 2. The van der Waals surface area contributed by atoms with Gasteiger partial charge in [-0.2, -0.15) is 0 Å². The first-order valence-corrected chi connectivity index (χ1v) is 3.75. The van der Waals surface area contributed by atoms with Crippen LogP contribution in [0.1, 0.15) is 8.42 Å². The van der Waals surface area contributed by atoms with Crippen molar-refractivity contribution in [1.29, 1.82) is 0 Å². The van der Waals surface area contributed by atoms with Crippen molar-refractivity contribution in [3.8, 4) is 5.75 Å². The molecule has 0 amide bonds. The standard InChI is InChI=1S/C7H8O2P.Mg.2H/c1-6-2-4-7(5-3-6)9-10-8;;;/h2-5,10H,1H3;;;/q+1;+2;2*-1. The fourth-order valence-corrected chi connectivity index (χ4v) is 0.887. The summed E-state index contributed by atoms with van der Waals surface area (Å²) < 4.78 is 14.7. The average Bonchev–Trinajstić information content (AvgIpc) is 1.95. The fourth-order valence-electron chi connectivity index (χ4n) is 0.654. The molecule has 1 aromatic rings. The molecule has 0 aliphatic heterocycles. The van der Waals surface area contributed by atoms with Gasteiger partial charge in [0.15, 0.2) is 5.75 Å². The van der Waals surface area contributed by atoms with Crippen molar-refractivity contribution in [3.63, 3.8) is 0 Å². The van der Waals surface area contributed by atoms with E-state index < -0.39 is 8.69 Å². The minimum Gasteiger partial charge on any atom is -1.00 e. The van der Waals surface area contributed by atoms with Crippen LogP contribution < -0.4 is 4.52 Å². The third-order valence-corrected chi connectivity index (χ3v) is 1.50. The fraction of sp³-hybridized carbons (Fsp3) is 0.143. The molecule has 0 fully saturated rings. The van der Waals surface area contributed by atoms with Gasteiger partial charge in [-0.3, -0.25) is 4.52 Å². The van der Waals surface area contributed by atoms with Crippen molar-refractivity contribution in [1.82, 2.24) is 0 Å². The van der Waals surface area contributed by atoms with Crippen LogP contribution in [0.5, 0.6) is 5.75 Å². The summed E-state index contributed by atoms with van der Waals surface area (Å²) in [6.45, 7) is 1.99. The SMILES string of the molecule is Cc1ccc(O[PH+]=O)cc1.[H-].[H-].[Mg+2]. The van der Waals surface area contributed by atoms with E-state index in [1.807, 2.05) is 19.1 Å². The van der Waals surface area contributed by atoms with Crippen LogP contribution in [0.3, 0.4) is 0 Å². The quantitative estimate of drug-likeness (QED) is 0.516. The molecule has 0 bridgehead atoms. The number of benzene rings is 1. The first kappa shape index (κ1) is 10.9. The van der Waals surface area contributed by atoms with Crippen LogP contribution in [0.2, 0.25) is 0 Å². The van der Waals surface area contributed by atoms with Gasteiger partial charge in [-0.15, -0.1) is 0 Å². The Labute approximate surface area is 86.4 Å². The van der Waals surface area contributed by atoms with E-state index in [0.717, 1.165) is 0 Å². The van der Waals surface area contributed by atoms with E-state index in [1.54, 1.807) is 12.1 Å². The van der Waals surface area contributed by atoms with Crippen LogP contribution in [0, 0.1) is 6.92 Å².